The number of hydrogen-bond acceptors (Lipinski definition) is 3. The average Bonchev–Trinajstić information content (AvgIpc) is 2.32. The number of carbonyl (C=O) groups is 1. The van der Waals surface area contributed by atoms with Crippen LogP contribution in [0.15, 0.2) is 11.3 Å². The lowest BCUT2D eigenvalue weighted by molar-refractivity contribution is -0.148. The van der Waals surface area contributed by atoms with E-state index in [1.165, 1.54) is 0 Å². The molecular weight excluding hydrogens is 204 g/mol. The van der Waals surface area contributed by atoms with Gasteiger partial charge in [-0.15, -0.1) is 0 Å². The molecule has 4 nitrogen and oxygen atoms in total. The fraction of sp³-hybridized carbons (Fsp3) is 0.583. The summed E-state index contributed by atoms with van der Waals surface area (Å²) in [7, 11) is 0. The molecule has 1 fully saturated rings. The van der Waals surface area contributed by atoms with Crippen molar-refractivity contribution in [3.63, 3.8) is 0 Å². The van der Waals surface area contributed by atoms with Gasteiger partial charge >= 0.3 is 5.97 Å². The van der Waals surface area contributed by atoms with Crippen LogP contribution in [0.5, 0.6) is 0 Å². The third-order valence-electron chi connectivity index (χ3n) is 2.76. The number of nitriles is 1. The Kier molecular flexibility index (Phi) is 4.54. The van der Waals surface area contributed by atoms with E-state index in [2.05, 4.69) is 4.85 Å². The van der Waals surface area contributed by atoms with Crippen molar-refractivity contribution >= 4 is 5.97 Å². The smallest absolute Gasteiger partial charge is 0.308 e. The molecule has 1 rings (SSSR count). The summed E-state index contributed by atoms with van der Waals surface area (Å²) in [6.45, 7) is 9.05. The Morgan fingerprint density at radius 3 is 2.69 bits per heavy atom. The van der Waals surface area contributed by atoms with E-state index >= 15 is 0 Å². The highest BCUT2D eigenvalue weighted by Gasteiger charge is 2.25. The zero-order chi connectivity index (χ0) is 12.0. The van der Waals surface area contributed by atoms with Gasteiger partial charge in [-0.3, -0.25) is 4.79 Å². The van der Waals surface area contributed by atoms with E-state index in [0.29, 0.717) is 32.3 Å². The summed E-state index contributed by atoms with van der Waals surface area (Å²) in [4.78, 5) is 14.6. The Morgan fingerprint density at radius 1 is 1.62 bits per heavy atom. The normalized spacial score (nSPS) is 19.4. The van der Waals surface area contributed by atoms with Crippen LogP contribution >= 0.6 is 0 Å². The molecule has 0 spiro atoms. The van der Waals surface area contributed by atoms with Crippen molar-refractivity contribution in [2.24, 2.45) is 5.92 Å². The lowest BCUT2D eigenvalue weighted by atomic mass is 9.85. The second-order valence-electron chi connectivity index (χ2n) is 3.70. The van der Waals surface area contributed by atoms with Gasteiger partial charge in [0.1, 0.15) is 0 Å². The summed E-state index contributed by atoms with van der Waals surface area (Å²) < 4.78 is 4.95. The van der Waals surface area contributed by atoms with Crippen LogP contribution in [0.25, 0.3) is 4.85 Å². The van der Waals surface area contributed by atoms with E-state index in [-0.39, 0.29) is 17.6 Å². The van der Waals surface area contributed by atoms with Crippen molar-refractivity contribution < 1.29 is 9.53 Å². The van der Waals surface area contributed by atoms with Gasteiger partial charge in [-0.05, 0) is 32.6 Å². The molecule has 0 aliphatic heterocycles. The first-order valence-electron chi connectivity index (χ1n) is 5.39. The molecule has 0 bridgehead atoms. The summed E-state index contributed by atoms with van der Waals surface area (Å²) >= 11 is 0. The summed E-state index contributed by atoms with van der Waals surface area (Å²) in [5.41, 5.74) is 1.08. The van der Waals surface area contributed by atoms with Gasteiger partial charge in [0.2, 0.25) is 0 Å². The van der Waals surface area contributed by atoms with E-state index < -0.39 is 0 Å². The molecule has 0 N–H and O–H groups in total. The Bertz CT molecular complexity index is 359. The predicted molar refractivity (Wildman–Crippen MR) is 57.8 cm³/mol. The largest absolute Gasteiger partial charge is 0.466 e. The lowest BCUT2D eigenvalue weighted by Gasteiger charge is -2.22. The Balaban J connectivity index is 2.59. The van der Waals surface area contributed by atoms with E-state index in [4.69, 9.17) is 16.6 Å². The van der Waals surface area contributed by atoms with E-state index in [9.17, 15) is 4.79 Å². The number of ether oxygens (including phenoxy) is 1. The van der Waals surface area contributed by atoms with Crippen LogP contribution in [0.3, 0.4) is 0 Å². The lowest BCUT2D eigenvalue weighted by Crippen LogP contribution is -2.21. The van der Waals surface area contributed by atoms with Crippen molar-refractivity contribution in [3.8, 4) is 6.07 Å². The second-order valence-corrected chi connectivity index (χ2v) is 3.70. The molecule has 1 aliphatic rings. The first-order valence-corrected chi connectivity index (χ1v) is 5.39. The molecule has 16 heavy (non-hydrogen) atoms. The Labute approximate surface area is 95.3 Å². The first-order chi connectivity index (χ1) is 7.72. The predicted octanol–water partition coefficient (Wildman–Crippen LogP) is 2.44. The van der Waals surface area contributed by atoms with Crippen LogP contribution in [-0.4, -0.2) is 12.6 Å². The van der Waals surface area contributed by atoms with E-state index in [1.807, 2.05) is 6.07 Å². The van der Waals surface area contributed by atoms with Gasteiger partial charge in [0.25, 0.3) is 5.70 Å². The molecule has 1 saturated carbocycles. The van der Waals surface area contributed by atoms with Crippen LogP contribution < -0.4 is 0 Å². The van der Waals surface area contributed by atoms with Gasteiger partial charge in [0, 0.05) is 0 Å². The van der Waals surface area contributed by atoms with Crippen LogP contribution in [-0.2, 0) is 9.53 Å². The van der Waals surface area contributed by atoms with Crippen molar-refractivity contribution in [3.05, 3.63) is 22.7 Å². The monoisotopic (exact) mass is 218 g/mol. The van der Waals surface area contributed by atoms with Gasteiger partial charge in [-0.2, -0.15) is 0 Å². The number of allylic oxidation sites excluding steroid dienone is 2. The van der Waals surface area contributed by atoms with Gasteiger partial charge < -0.3 is 4.74 Å². The Morgan fingerprint density at radius 2 is 2.25 bits per heavy atom. The van der Waals surface area contributed by atoms with E-state index in [1.54, 1.807) is 6.92 Å². The van der Waals surface area contributed by atoms with Gasteiger partial charge in [0.15, 0.2) is 0 Å². The number of esters is 1. The van der Waals surface area contributed by atoms with Gasteiger partial charge in [0.05, 0.1) is 25.2 Å². The zero-order valence-corrected chi connectivity index (χ0v) is 9.32. The highest BCUT2D eigenvalue weighted by atomic mass is 16.5. The molecule has 0 radical (unpaired) electrons. The standard InChI is InChI=1S/C12H14N2O2/c1-3-16-12(15)10-6-4-9(5-7-10)11(8-13)14-2/h10H,3-7H2,1H3. The van der Waals surface area contributed by atoms with Gasteiger partial charge in [-0.25, -0.2) is 10.1 Å². The minimum Gasteiger partial charge on any atom is -0.466 e. The highest BCUT2D eigenvalue weighted by molar-refractivity contribution is 5.72. The van der Waals surface area contributed by atoms with Crippen molar-refractivity contribution in [2.45, 2.75) is 32.6 Å². The molecule has 0 atom stereocenters. The molecule has 0 aromatic rings. The topological polar surface area (TPSA) is 54.5 Å². The zero-order valence-electron chi connectivity index (χ0n) is 9.32. The summed E-state index contributed by atoms with van der Waals surface area (Å²) in [6, 6.07) is 1.90. The number of hydrogen-bond donors (Lipinski definition) is 0. The summed E-state index contributed by atoms with van der Waals surface area (Å²) in [6.07, 6.45) is 2.70. The average molecular weight is 218 g/mol. The third kappa shape index (κ3) is 2.84. The van der Waals surface area contributed by atoms with E-state index in [0.717, 1.165) is 5.57 Å². The van der Waals surface area contributed by atoms with Crippen LogP contribution in [0.4, 0.5) is 0 Å². The highest BCUT2D eigenvalue weighted by Crippen LogP contribution is 2.31. The SMILES string of the molecule is [C-]#[N+]C(C#N)=C1CCC(C(=O)OCC)CC1. The fourth-order valence-electron chi connectivity index (χ4n) is 1.88. The minimum atomic E-state index is -0.150. The molecule has 4 heteroatoms. The summed E-state index contributed by atoms with van der Waals surface area (Å²) in [5, 5.41) is 8.72. The molecule has 0 aromatic heterocycles. The minimum absolute atomic E-state index is 0.0608. The fourth-order valence-corrected chi connectivity index (χ4v) is 1.88. The van der Waals surface area contributed by atoms with Crippen molar-refractivity contribution in [1.82, 2.24) is 0 Å². The number of rotatable bonds is 2. The maximum absolute atomic E-state index is 11.4. The number of carbonyl (C=O) groups excluding carboxylic acids is 1. The second kappa shape index (κ2) is 5.92. The maximum atomic E-state index is 11.4. The molecule has 1 aliphatic carbocycles. The van der Waals surface area contributed by atoms with Gasteiger partial charge in [-0.1, -0.05) is 5.57 Å². The quantitative estimate of drug-likeness (QED) is 0.406. The third-order valence-corrected chi connectivity index (χ3v) is 2.76. The molecule has 0 heterocycles. The molecule has 0 saturated heterocycles. The maximum Gasteiger partial charge on any atom is 0.308 e. The number of nitrogens with zero attached hydrogens (tertiary/aromatic N) is 2. The Hall–Kier alpha value is -1.81. The van der Waals surface area contributed by atoms with Crippen molar-refractivity contribution in [1.29, 1.82) is 5.26 Å². The van der Waals surface area contributed by atoms with Crippen LogP contribution in [0, 0.1) is 23.8 Å². The summed E-state index contributed by atoms with van der Waals surface area (Å²) in [5.74, 6) is -0.211. The van der Waals surface area contributed by atoms with Crippen molar-refractivity contribution in [2.75, 3.05) is 6.61 Å². The molecule has 0 amide bonds. The first kappa shape index (κ1) is 12.3. The molecule has 84 valence electrons. The van der Waals surface area contributed by atoms with Crippen LogP contribution in [0.2, 0.25) is 0 Å². The molecule has 0 unspecified atom stereocenters. The van der Waals surface area contributed by atoms with Crippen LogP contribution in [0.1, 0.15) is 32.6 Å². The molecule has 0 aromatic carbocycles. The molecular formula is C12H14N2O2.